The molecule has 6 aliphatic rings. The molecule has 0 bridgehead atoms. The van der Waals surface area contributed by atoms with Gasteiger partial charge in [-0.3, -0.25) is 0 Å². The summed E-state index contributed by atoms with van der Waals surface area (Å²) in [6.45, 7) is 10.9. The topological polar surface area (TPSA) is 67.2 Å². The van der Waals surface area contributed by atoms with Crippen molar-refractivity contribution in [3.63, 3.8) is 0 Å². The van der Waals surface area contributed by atoms with Crippen molar-refractivity contribution in [3.8, 4) is 0 Å². The van der Waals surface area contributed by atoms with Crippen molar-refractivity contribution < 1.29 is 9.47 Å². The van der Waals surface area contributed by atoms with Crippen LogP contribution in [0, 0.1) is 52.3 Å². The fraction of sp³-hybridized carbons (Fsp3) is 1.00. The van der Waals surface area contributed by atoms with Crippen LogP contribution in [0.4, 0.5) is 0 Å². The number of fused-ring (bicyclic) bond motifs is 7. The first-order valence-corrected chi connectivity index (χ1v) is 13.7. The number of nitrogens with zero attached hydrogens (tertiary/aromatic N) is 3. The molecular weight excluding hydrogens is 398 g/mol. The molecule has 0 aromatic rings. The van der Waals surface area contributed by atoms with E-state index in [1.807, 2.05) is 0 Å². The van der Waals surface area contributed by atoms with E-state index < -0.39 is 0 Å². The molecule has 6 fully saturated rings. The molecule has 178 valence electrons. The first-order chi connectivity index (χ1) is 15.3. The molecule has 0 unspecified atom stereocenters. The molecule has 1 spiro atoms. The highest BCUT2D eigenvalue weighted by Crippen LogP contribution is 2.71. The van der Waals surface area contributed by atoms with Crippen molar-refractivity contribution in [1.29, 1.82) is 0 Å². The van der Waals surface area contributed by atoms with Gasteiger partial charge in [-0.1, -0.05) is 32.8 Å². The van der Waals surface area contributed by atoms with Crippen LogP contribution in [0.1, 0.15) is 91.9 Å². The van der Waals surface area contributed by atoms with E-state index in [4.69, 9.17) is 15.0 Å². The van der Waals surface area contributed by atoms with Crippen molar-refractivity contribution >= 4 is 0 Å². The first-order valence-electron chi connectivity index (χ1n) is 13.7. The Bertz CT molecular complexity index is 803. The van der Waals surface area contributed by atoms with Gasteiger partial charge in [-0.2, -0.15) is 0 Å². The van der Waals surface area contributed by atoms with Crippen LogP contribution < -0.4 is 0 Å². The second-order valence-corrected chi connectivity index (χ2v) is 13.3. The molecule has 2 saturated heterocycles. The highest BCUT2D eigenvalue weighted by Gasteiger charge is 2.69. The van der Waals surface area contributed by atoms with E-state index in [9.17, 15) is 0 Å². The second-order valence-electron chi connectivity index (χ2n) is 13.3. The molecule has 4 aliphatic carbocycles. The molecule has 0 aromatic carbocycles. The van der Waals surface area contributed by atoms with E-state index in [0.717, 1.165) is 49.5 Å². The van der Waals surface area contributed by atoms with Gasteiger partial charge in [0, 0.05) is 23.3 Å². The van der Waals surface area contributed by atoms with E-state index in [1.165, 1.54) is 44.9 Å². The predicted octanol–water partition coefficient (Wildman–Crippen LogP) is 7.11. The lowest BCUT2D eigenvalue weighted by atomic mass is 9.44. The molecule has 6 rings (SSSR count). The van der Waals surface area contributed by atoms with Gasteiger partial charge >= 0.3 is 0 Å². The van der Waals surface area contributed by atoms with Gasteiger partial charge in [-0.05, 0) is 110 Å². The fourth-order valence-corrected chi connectivity index (χ4v) is 10.4. The standard InChI is InChI=1S/C27H43N3O2/c1-16-7-12-27(31-15-16)17(2)24-23(32-27)14-22-20-6-5-18-13-19(29-30-28)8-10-25(18,3)21(20)9-11-26(22,24)4/h16-24H,5-15H2,1-4H3/t16-,17-,18+,19-,20+,21-,22-,23-,24-,25-,26-,27+/m0/s1. The fourth-order valence-electron chi connectivity index (χ4n) is 10.4. The third-order valence-electron chi connectivity index (χ3n) is 12.1. The Kier molecular flexibility index (Phi) is 5.00. The summed E-state index contributed by atoms with van der Waals surface area (Å²) in [5.41, 5.74) is 9.79. The minimum atomic E-state index is -0.296. The van der Waals surface area contributed by atoms with Crippen LogP contribution in [0.2, 0.25) is 0 Å². The number of hydrogen-bond acceptors (Lipinski definition) is 3. The van der Waals surface area contributed by atoms with Crippen LogP contribution in [0.25, 0.3) is 10.4 Å². The Morgan fingerprint density at radius 3 is 2.47 bits per heavy atom. The van der Waals surface area contributed by atoms with E-state index in [1.54, 1.807) is 0 Å². The third kappa shape index (κ3) is 2.86. The molecule has 5 nitrogen and oxygen atoms in total. The van der Waals surface area contributed by atoms with Crippen molar-refractivity contribution in [1.82, 2.24) is 0 Å². The number of hydrogen-bond donors (Lipinski definition) is 0. The van der Waals surface area contributed by atoms with Crippen LogP contribution >= 0.6 is 0 Å². The number of ether oxygens (including phenoxy) is 2. The van der Waals surface area contributed by atoms with Gasteiger partial charge in [-0.25, -0.2) is 0 Å². The van der Waals surface area contributed by atoms with Gasteiger partial charge < -0.3 is 9.47 Å². The van der Waals surface area contributed by atoms with Crippen LogP contribution in [-0.4, -0.2) is 24.5 Å². The van der Waals surface area contributed by atoms with Gasteiger partial charge in [0.25, 0.3) is 0 Å². The lowest BCUT2D eigenvalue weighted by Gasteiger charge is -2.61. The van der Waals surface area contributed by atoms with Crippen molar-refractivity contribution in [2.24, 2.45) is 57.4 Å². The molecule has 32 heavy (non-hydrogen) atoms. The van der Waals surface area contributed by atoms with E-state index in [-0.39, 0.29) is 11.8 Å². The highest BCUT2D eigenvalue weighted by molar-refractivity contribution is 5.15. The van der Waals surface area contributed by atoms with Crippen molar-refractivity contribution in [2.75, 3.05) is 6.61 Å². The van der Waals surface area contributed by atoms with Crippen molar-refractivity contribution in [3.05, 3.63) is 10.4 Å². The summed E-state index contributed by atoms with van der Waals surface area (Å²) in [4.78, 5) is 3.13. The van der Waals surface area contributed by atoms with Gasteiger partial charge in [0.15, 0.2) is 5.79 Å². The zero-order valence-electron chi connectivity index (χ0n) is 20.6. The molecule has 5 heteroatoms. The molecule has 0 amide bonds. The predicted molar refractivity (Wildman–Crippen MR) is 125 cm³/mol. The first kappa shape index (κ1) is 21.7. The molecule has 0 radical (unpaired) electrons. The monoisotopic (exact) mass is 441 g/mol. The van der Waals surface area contributed by atoms with Gasteiger partial charge in [-0.15, -0.1) is 0 Å². The SMILES string of the molecule is C[C@H]1CC[C@@]2(OC1)O[C@H]1C[C@H]3[C@@H]4CC[C@@H]5C[C@@H](N=[N+]=[N-])CC[C@]5(C)[C@H]4CC[C@]3(C)[C@H]1[C@@H]2C. The summed E-state index contributed by atoms with van der Waals surface area (Å²) in [6.07, 6.45) is 12.9. The summed E-state index contributed by atoms with van der Waals surface area (Å²) in [5.74, 6) is 4.81. The molecule has 2 aliphatic heterocycles. The molecule has 0 N–H and O–H groups in total. The Labute approximate surface area is 194 Å². The lowest BCUT2D eigenvalue weighted by Crippen LogP contribution is -2.55. The second kappa shape index (κ2) is 7.36. The van der Waals surface area contributed by atoms with E-state index >= 15 is 0 Å². The summed E-state index contributed by atoms with van der Waals surface area (Å²) in [6, 6.07) is 0.234. The van der Waals surface area contributed by atoms with Gasteiger partial charge in [0.05, 0.1) is 12.7 Å². The lowest BCUT2D eigenvalue weighted by molar-refractivity contribution is -0.273. The van der Waals surface area contributed by atoms with Gasteiger partial charge in [0.1, 0.15) is 0 Å². The Morgan fingerprint density at radius 2 is 1.72 bits per heavy atom. The maximum atomic E-state index is 8.94. The smallest absolute Gasteiger partial charge is 0.171 e. The maximum absolute atomic E-state index is 8.94. The Hall–Kier alpha value is -0.770. The highest BCUT2D eigenvalue weighted by atomic mass is 16.7. The van der Waals surface area contributed by atoms with Crippen LogP contribution in [0.15, 0.2) is 5.11 Å². The average Bonchev–Trinajstić information content (AvgIpc) is 3.21. The zero-order chi connectivity index (χ0) is 22.3. The van der Waals surface area contributed by atoms with E-state index in [0.29, 0.717) is 34.7 Å². The summed E-state index contributed by atoms with van der Waals surface area (Å²) in [7, 11) is 0. The Balaban J connectivity index is 1.23. The van der Waals surface area contributed by atoms with Crippen LogP contribution in [-0.2, 0) is 9.47 Å². The third-order valence-corrected chi connectivity index (χ3v) is 12.1. The van der Waals surface area contributed by atoms with E-state index in [2.05, 4.69) is 37.7 Å². The largest absolute Gasteiger partial charge is 0.349 e. The molecule has 2 heterocycles. The molecule has 12 atom stereocenters. The molecule has 0 aromatic heterocycles. The normalized spacial score (nSPS) is 58.9. The summed E-state index contributed by atoms with van der Waals surface area (Å²) in [5, 5.41) is 4.12. The minimum Gasteiger partial charge on any atom is -0.349 e. The number of rotatable bonds is 1. The van der Waals surface area contributed by atoms with Crippen molar-refractivity contribution in [2.45, 2.75) is 110 Å². The number of azide groups is 1. The Morgan fingerprint density at radius 1 is 0.906 bits per heavy atom. The average molecular weight is 442 g/mol. The van der Waals surface area contributed by atoms with Crippen LogP contribution in [0.5, 0.6) is 0 Å². The minimum absolute atomic E-state index is 0.234. The summed E-state index contributed by atoms with van der Waals surface area (Å²) < 4.78 is 13.4. The molecule has 4 saturated carbocycles. The maximum Gasteiger partial charge on any atom is 0.171 e. The van der Waals surface area contributed by atoms with Gasteiger partial charge in [0.2, 0.25) is 0 Å². The van der Waals surface area contributed by atoms with Crippen LogP contribution in [0.3, 0.4) is 0 Å². The quantitative estimate of drug-likeness (QED) is 0.247. The zero-order valence-corrected chi connectivity index (χ0v) is 20.6. The summed E-state index contributed by atoms with van der Waals surface area (Å²) >= 11 is 0. The molecular formula is C27H43N3O2.